The molecule has 0 amide bonds. The van der Waals surface area contributed by atoms with Crippen LogP contribution in [-0.2, 0) is 9.59 Å². The highest BCUT2D eigenvalue weighted by Crippen LogP contribution is 2.67. The maximum absolute atomic E-state index is 10.6. The highest BCUT2D eigenvalue weighted by molar-refractivity contribution is 6.27. The summed E-state index contributed by atoms with van der Waals surface area (Å²) in [6.07, 6.45) is 12.3. The van der Waals surface area contributed by atoms with Gasteiger partial charge in [-0.15, -0.1) is 0 Å². The molecule has 27 heavy (non-hydrogen) atoms. The average molecular weight is 382 g/mol. The molecule has 0 aliphatic heterocycles. The van der Waals surface area contributed by atoms with E-state index in [1.165, 1.54) is 51.4 Å². The second-order valence-corrected chi connectivity index (χ2v) is 9.96. The van der Waals surface area contributed by atoms with Gasteiger partial charge in [-0.05, 0) is 73.5 Å². The van der Waals surface area contributed by atoms with E-state index in [-0.39, 0.29) is 11.3 Å². The lowest BCUT2D eigenvalue weighted by molar-refractivity contribution is -0.239. The molecular weight excluding hydrogens is 348 g/mol. The van der Waals surface area contributed by atoms with Crippen LogP contribution >= 0.6 is 0 Å². The molecule has 0 bridgehead atoms. The van der Waals surface area contributed by atoms with E-state index in [1.54, 1.807) is 0 Å². The zero-order valence-corrected chi connectivity index (χ0v) is 16.5. The van der Waals surface area contributed by atoms with Gasteiger partial charge in [-0.3, -0.25) is 0 Å². The molecule has 6 heteroatoms. The van der Waals surface area contributed by atoms with E-state index in [0.29, 0.717) is 17.8 Å². The second-order valence-electron chi connectivity index (χ2n) is 9.96. The quantitative estimate of drug-likeness (QED) is 0.378. The number of carboxylic acids is 2. The summed E-state index contributed by atoms with van der Waals surface area (Å²) in [4.78, 5) is 18.2. The molecule has 0 aromatic carbocycles. The molecule has 4 rings (SSSR count). The van der Waals surface area contributed by atoms with Crippen molar-refractivity contribution in [2.45, 2.75) is 83.8 Å². The van der Waals surface area contributed by atoms with E-state index in [1.807, 2.05) is 0 Å². The number of hydrogen-bond acceptors (Lipinski definition) is 4. The van der Waals surface area contributed by atoms with Crippen molar-refractivity contribution in [2.24, 2.45) is 34.5 Å². The minimum atomic E-state index is -1.82. The molecule has 0 heterocycles. The molecule has 0 saturated heterocycles. The predicted molar refractivity (Wildman–Crippen MR) is 98.8 cm³/mol. The molecule has 4 aliphatic carbocycles. The van der Waals surface area contributed by atoms with Crippen molar-refractivity contribution in [3.05, 3.63) is 0 Å². The van der Waals surface area contributed by atoms with Gasteiger partial charge in [-0.1, -0.05) is 26.7 Å². The molecule has 0 aromatic heterocycles. The summed E-state index contributed by atoms with van der Waals surface area (Å²) in [6.45, 7) is 4.87. The first kappa shape index (κ1) is 20.6. The first-order valence-electron chi connectivity index (χ1n) is 10.4. The van der Waals surface area contributed by atoms with Crippen LogP contribution in [0.25, 0.3) is 0 Å². The molecule has 0 radical (unpaired) electrons. The number of aliphatic carboxylic acids is 2. The molecule has 0 aromatic rings. The zero-order valence-electron chi connectivity index (χ0n) is 16.5. The predicted octanol–water partition coefficient (Wildman–Crippen LogP) is 3.26. The van der Waals surface area contributed by atoms with Crippen LogP contribution in [0.3, 0.4) is 0 Å². The second kappa shape index (κ2) is 7.03. The van der Waals surface area contributed by atoms with Crippen LogP contribution in [0.4, 0.5) is 0 Å². The van der Waals surface area contributed by atoms with Crippen molar-refractivity contribution in [1.82, 2.24) is 0 Å². The Labute approximate surface area is 161 Å². The third kappa shape index (κ3) is 3.51. The molecule has 4 N–H and O–H groups in total. The topological polar surface area (TPSA) is 115 Å². The monoisotopic (exact) mass is 382 g/mol. The molecule has 0 spiro atoms. The van der Waals surface area contributed by atoms with E-state index in [4.69, 9.17) is 19.8 Å². The van der Waals surface area contributed by atoms with Crippen LogP contribution in [0.5, 0.6) is 0 Å². The van der Waals surface area contributed by atoms with Crippen LogP contribution < -0.4 is 0 Å². The molecule has 6 nitrogen and oxygen atoms in total. The minimum Gasteiger partial charge on any atom is -0.473 e. The third-order valence-electron chi connectivity index (χ3n) is 8.61. The van der Waals surface area contributed by atoms with Crippen LogP contribution in [0, 0.1) is 34.5 Å². The molecule has 6 atom stereocenters. The Hall–Kier alpha value is -1.14. The van der Waals surface area contributed by atoms with Crippen LogP contribution in [-0.4, -0.2) is 38.2 Å². The van der Waals surface area contributed by atoms with Gasteiger partial charge in [-0.25, -0.2) is 9.59 Å². The van der Waals surface area contributed by atoms with E-state index in [2.05, 4.69) is 13.8 Å². The lowest BCUT2D eigenvalue weighted by Gasteiger charge is -2.60. The fourth-order valence-corrected chi connectivity index (χ4v) is 7.38. The average Bonchev–Trinajstić information content (AvgIpc) is 2.85. The Morgan fingerprint density at radius 1 is 0.815 bits per heavy atom. The van der Waals surface area contributed by atoms with Crippen molar-refractivity contribution in [1.29, 1.82) is 0 Å². The molecule has 154 valence electrons. The van der Waals surface area contributed by atoms with E-state index in [9.17, 15) is 10.2 Å². The summed E-state index contributed by atoms with van der Waals surface area (Å²) in [7, 11) is 0. The Morgan fingerprint density at radius 3 is 2.11 bits per heavy atom. The molecular formula is C21H34O6. The fraction of sp³-hybridized carbons (Fsp3) is 0.905. The summed E-state index contributed by atoms with van der Waals surface area (Å²) in [5.41, 5.74) is 0.670. The number of fused-ring (bicyclic) bond motifs is 5. The van der Waals surface area contributed by atoms with Crippen LogP contribution in [0.15, 0.2) is 0 Å². The summed E-state index contributed by atoms with van der Waals surface area (Å²) < 4.78 is 0. The van der Waals surface area contributed by atoms with Crippen molar-refractivity contribution in [3.63, 3.8) is 0 Å². The normalized spacial score (nSPS) is 44.7. The highest BCUT2D eigenvalue weighted by atomic mass is 16.5. The minimum absolute atomic E-state index is 0.128. The van der Waals surface area contributed by atoms with Gasteiger partial charge >= 0.3 is 11.9 Å². The number of hydrogen-bond donors (Lipinski definition) is 4. The van der Waals surface area contributed by atoms with Gasteiger partial charge in [0.05, 0.1) is 0 Å². The summed E-state index contributed by atoms with van der Waals surface area (Å²) in [6, 6.07) is 0. The van der Waals surface area contributed by atoms with Gasteiger partial charge in [0.2, 0.25) is 0 Å². The standard InChI is InChI=1S/C19H32O2.C2H2O4/c1-17-10-8-15-14(16(17)19(20,21)12-11-17)7-6-13-5-3-4-9-18(13,15)2;3-1(4)2(5)6/h13-16,20-21H,3-12H2,1-2H3;(H,3,4)(H,5,6)/t13-,14-,15+,16+,17-,18+;/m1./s1. The lowest BCUT2D eigenvalue weighted by Crippen LogP contribution is -2.56. The number of carboxylic acid groups (broad SMARTS) is 2. The first-order valence-corrected chi connectivity index (χ1v) is 10.4. The maximum Gasteiger partial charge on any atom is 0.414 e. The van der Waals surface area contributed by atoms with Gasteiger partial charge in [0.1, 0.15) is 0 Å². The van der Waals surface area contributed by atoms with E-state index < -0.39 is 17.7 Å². The van der Waals surface area contributed by atoms with E-state index >= 15 is 0 Å². The smallest absolute Gasteiger partial charge is 0.414 e. The highest BCUT2D eigenvalue weighted by Gasteiger charge is 2.63. The summed E-state index contributed by atoms with van der Waals surface area (Å²) in [5.74, 6) is -2.71. The summed E-state index contributed by atoms with van der Waals surface area (Å²) in [5, 5.41) is 36.0. The van der Waals surface area contributed by atoms with Crippen molar-refractivity contribution < 1.29 is 30.0 Å². The zero-order chi connectivity index (χ0) is 20.0. The first-order chi connectivity index (χ1) is 12.5. The molecule has 0 unspecified atom stereocenters. The van der Waals surface area contributed by atoms with Gasteiger partial charge in [0.15, 0.2) is 5.79 Å². The van der Waals surface area contributed by atoms with Gasteiger partial charge in [0, 0.05) is 12.3 Å². The van der Waals surface area contributed by atoms with Crippen molar-refractivity contribution >= 4 is 11.9 Å². The molecule has 4 aliphatic rings. The number of aliphatic hydroxyl groups is 2. The van der Waals surface area contributed by atoms with Crippen LogP contribution in [0.2, 0.25) is 0 Å². The number of carbonyl (C=O) groups is 2. The number of rotatable bonds is 0. The lowest BCUT2D eigenvalue weighted by atomic mass is 9.45. The Balaban J connectivity index is 0.000000307. The van der Waals surface area contributed by atoms with Crippen LogP contribution in [0.1, 0.15) is 78.1 Å². The van der Waals surface area contributed by atoms with Gasteiger partial charge in [0.25, 0.3) is 0 Å². The van der Waals surface area contributed by atoms with Gasteiger partial charge in [-0.2, -0.15) is 0 Å². The Kier molecular flexibility index (Phi) is 5.36. The fourth-order valence-electron chi connectivity index (χ4n) is 7.38. The van der Waals surface area contributed by atoms with E-state index in [0.717, 1.165) is 18.3 Å². The van der Waals surface area contributed by atoms with Crippen molar-refractivity contribution in [3.8, 4) is 0 Å². The molecule has 4 saturated carbocycles. The van der Waals surface area contributed by atoms with Gasteiger partial charge < -0.3 is 20.4 Å². The summed E-state index contributed by atoms with van der Waals surface area (Å²) >= 11 is 0. The third-order valence-corrected chi connectivity index (χ3v) is 8.61. The Morgan fingerprint density at radius 2 is 1.48 bits per heavy atom. The van der Waals surface area contributed by atoms with Crippen molar-refractivity contribution in [2.75, 3.05) is 0 Å². The Bertz CT molecular complexity index is 589. The SMILES string of the molecule is C[C@]12CC[C@H]3[C@@H](CC[C@H]4CCCC[C@@]43C)[C@@H]1C(O)(O)CC2.O=C(O)C(=O)O. The molecule has 4 fully saturated rings. The maximum atomic E-state index is 10.6. The largest absolute Gasteiger partial charge is 0.473 e.